The van der Waals surface area contributed by atoms with E-state index < -0.39 is 0 Å². The van der Waals surface area contributed by atoms with Crippen molar-refractivity contribution in [3.63, 3.8) is 0 Å². The molecule has 2 aromatic carbocycles. The van der Waals surface area contributed by atoms with Crippen LogP contribution in [0, 0.1) is 0 Å². The Kier molecular flexibility index (Phi) is 3.85. The molecule has 0 radical (unpaired) electrons. The summed E-state index contributed by atoms with van der Waals surface area (Å²) in [7, 11) is 0. The summed E-state index contributed by atoms with van der Waals surface area (Å²) in [5, 5.41) is 2.07. The van der Waals surface area contributed by atoms with E-state index >= 15 is 0 Å². The van der Waals surface area contributed by atoms with Crippen molar-refractivity contribution in [3.8, 4) is 11.3 Å². The van der Waals surface area contributed by atoms with Crippen molar-refractivity contribution >= 4 is 33.0 Å². The molecular formula is C25H25N3O2. The number of aromatic nitrogens is 3. The van der Waals surface area contributed by atoms with Gasteiger partial charge in [0.2, 0.25) is 5.89 Å². The first-order valence-electron chi connectivity index (χ1n) is 10.2. The predicted octanol–water partition coefficient (Wildman–Crippen LogP) is 6.78. The van der Waals surface area contributed by atoms with Crippen molar-refractivity contribution in [1.29, 1.82) is 0 Å². The van der Waals surface area contributed by atoms with Crippen LogP contribution in [0.15, 0.2) is 51.6 Å². The summed E-state index contributed by atoms with van der Waals surface area (Å²) in [4.78, 5) is 13.8. The third-order valence-electron chi connectivity index (χ3n) is 5.38. The third kappa shape index (κ3) is 2.88. The summed E-state index contributed by atoms with van der Waals surface area (Å²) < 4.78 is 12.4. The highest BCUT2D eigenvalue weighted by Crippen LogP contribution is 2.39. The number of fused-ring (bicyclic) bond motifs is 5. The van der Waals surface area contributed by atoms with Crippen molar-refractivity contribution in [1.82, 2.24) is 15.0 Å². The molecule has 0 unspecified atom stereocenters. The number of hydrogen-bond donors (Lipinski definition) is 0. The highest BCUT2D eigenvalue weighted by atomic mass is 16.4. The molecule has 0 saturated heterocycles. The molecule has 5 nitrogen and oxygen atoms in total. The molecule has 0 fully saturated rings. The second-order valence-corrected chi connectivity index (χ2v) is 9.88. The Morgan fingerprint density at radius 2 is 1.53 bits per heavy atom. The number of hydrogen-bond acceptors (Lipinski definition) is 5. The Morgan fingerprint density at radius 1 is 0.767 bits per heavy atom. The number of rotatable bonds is 1. The van der Waals surface area contributed by atoms with Gasteiger partial charge < -0.3 is 8.83 Å². The lowest BCUT2D eigenvalue weighted by Gasteiger charge is -2.17. The molecule has 3 aromatic heterocycles. The number of oxazole rings is 1. The van der Waals surface area contributed by atoms with Crippen LogP contribution in [0.3, 0.4) is 0 Å². The summed E-state index contributed by atoms with van der Waals surface area (Å²) in [5.74, 6) is 0.705. The number of para-hydroxylation sites is 1. The van der Waals surface area contributed by atoms with Crippen LogP contribution in [-0.4, -0.2) is 15.0 Å². The van der Waals surface area contributed by atoms with Gasteiger partial charge in [-0.3, -0.25) is 0 Å². The molecule has 0 atom stereocenters. The van der Waals surface area contributed by atoms with Gasteiger partial charge in [0, 0.05) is 32.9 Å². The lowest BCUT2D eigenvalue weighted by atomic mass is 9.91. The van der Waals surface area contributed by atoms with Crippen molar-refractivity contribution in [3.05, 3.63) is 54.3 Å². The van der Waals surface area contributed by atoms with E-state index in [0.717, 1.165) is 50.0 Å². The molecule has 0 bridgehead atoms. The van der Waals surface area contributed by atoms with Crippen LogP contribution in [0.5, 0.6) is 0 Å². The van der Waals surface area contributed by atoms with E-state index in [1.807, 2.05) is 30.3 Å². The predicted molar refractivity (Wildman–Crippen MR) is 120 cm³/mol. The van der Waals surface area contributed by atoms with Gasteiger partial charge in [-0.1, -0.05) is 53.7 Å². The second-order valence-electron chi connectivity index (χ2n) is 9.88. The average Bonchev–Trinajstić information content (AvgIpc) is 3.28. The standard InChI is InChI=1S/C25H25N3O2/c1-24(2,3)19-12-17(26-13-27-19)16-9-7-8-14-15-10-11-18-20(22(15)30-21(14)16)28-23(29-18)25(4,5)6/h7-13H,1-6H3. The molecule has 0 aliphatic heterocycles. The van der Waals surface area contributed by atoms with Gasteiger partial charge in [0.15, 0.2) is 16.7 Å². The summed E-state index contributed by atoms with van der Waals surface area (Å²) in [6.45, 7) is 12.7. The number of benzene rings is 2. The highest BCUT2D eigenvalue weighted by molar-refractivity contribution is 6.15. The maximum Gasteiger partial charge on any atom is 0.200 e. The van der Waals surface area contributed by atoms with Gasteiger partial charge in [-0.05, 0) is 24.3 Å². The first-order chi connectivity index (χ1) is 14.1. The molecule has 0 amide bonds. The minimum absolute atomic E-state index is 0.0598. The fourth-order valence-electron chi connectivity index (χ4n) is 3.68. The fourth-order valence-corrected chi connectivity index (χ4v) is 3.68. The Bertz CT molecular complexity index is 1410. The Balaban J connectivity index is 1.79. The Morgan fingerprint density at radius 3 is 2.27 bits per heavy atom. The topological polar surface area (TPSA) is 65.0 Å². The summed E-state index contributed by atoms with van der Waals surface area (Å²) in [6, 6.07) is 12.2. The maximum atomic E-state index is 6.42. The molecule has 0 aliphatic carbocycles. The zero-order chi connectivity index (χ0) is 21.3. The third-order valence-corrected chi connectivity index (χ3v) is 5.38. The minimum Gasteiger partial charge on any atom is -0.453 e. The van der Waals surface area contributed by atoms with Gasteiger partial charge in [0.25, 0.3) is 0 Å². The molecule has 5 aromatic rings. The van der Waals surface area contributed by atoms with Crippen molar-refractivity contribution in [2.75, 3.05) is 0 Å². The van der Waals surface area contributed by atoms with Crippen LogP contribution in [0.25, 0.3) is 44.3 Å². The molecule has 0 spiro atoms. The van der Waals surface area contributed by atoms with Crippen molar-refractivity contribution in [2.24, 2.45) is 0 Å². The molecule has 30 heavy (non-hydrogen) atoms. The van der Waals surface area contributed by atoms with Crippen LogP contribution in [-0.2, 0) is 10.8 Å². The first kappa shape index (κ1) is 18.8. The Labute approximate surface area is 175 Å². The zero-order valence-corrected chi connectivity index (χ0v) is 18.2. The second kappa shape index (κ2) is 6.14. The molecule has 0 saturated carbocycles. The van der Waals surface area contributed by atoms with Gasteiger partial charge >= 0.3 is 0 Å². The lowest BCUT2D eigenvalue weighted by molar-refractivity contribution is 0.411. The van der Waals surface area contributed by atoms with Crippen LogP contribution >= 0.6 is 0 Å². The molecule has 0 aliphatic rings. The number of nitrogens with zero attached hydrogens (tertiary/aromatic N) is 3. The van der Waals surface area contributed by atoms with E-state index in [0.29, 0.717) is 5.89 Å². The fraction of sp³-hybridized carbons (Fsp3) is 0.320. The van der Waals surface area contributed by atoms with Crippen LogP contribution in [0.4, 0.5) is 0 Å². The lowest BCUT2D eigenvalue weighted by Crippen LogP contribution is -2.13. The van der Waals surface area contributed by atoms with Crippen LogP contribution < -0.4 is 0 Å². The molecule has 5 heteroatoms. The molecule has 152 valence electrons. The van der Waals surface area contributed by atoms with E-state index in [9.17, 15) is 0 Å². The molecule has 5 rings (SSSR count). The van der Waals surface area contributed by atoms with Gasteiger partial charge in [-0.15, -0.1) is 0 Å². The molecule has 3 heterocycles. The molecular weight excluding hydrogens is 374 g/mol. The highest BCUT2D eigenvalue weighted by Gasteiger charge is 2.24. The SMILES string of the molecule is CC(C)(C)c1cc(-c2cccc3c2oc2c3ccc3oc(C(C)(C)C)nc32)ncn1. The van der Waals surface area contributed by atoms with E-state index in [1.54, 1.807) is 6.33 Å². The largest absolute Gasteiger partial charge is 0.453 e. The summed E-state index contributed by atoms with van der Waals surface area (Å²) in [6.07, 6.45) is 1.63. The van der Waals surface area contributed by atoms with Gasteiger partial charge in [-0.25, -0.2) is 15.0 Å². The average molecular weight is 399 g/mol. The monoisotopic (exact) mass is 399 g/mol. The van der Waals surface area contributed by atoms with Crippen LogP contribution in [0.1, 0.15) is 53.1 Å². The Hall–Kier alpha value is -3.21. The minimum atomic E-state index is -0.174. The normalized spacial score (nSPS) is 13.0. The summed E-state index contributed by atoms with van der Waals surface area (Å²) >= 11 is 0. The quantitative estimate of drug-likeness (QED) is 0.311. The van der Waals surface area contributed by atoms with Crippen molar-refractivity contribution in [2.45, 2.75) is 52.4 Å². The van der Waals surface area contributed by atoms with E-state index in [1.165, 1.54) is 0 Å². The molecule has 0 N–H and O–H groups in total. The summed E-state index contributed by atoms with van der Waals surface area (Å²) in [5.41, 5.74) is 5.62. The van der Waals surface area contributed by atoms with Gasteiger partial charge in [0.05, 0.1) is 5.69 Å². The maximum absolute atomic E-state index is 6.42. The van der Waals surface area contributed by atoms with Crippen LogP contribution in [0.2, 0.25) is 0 Å². The van der Waals surface area contributed by atoms with Crippen molar-refractivity contribution < 1.29 is 8.83 Å². The first-order valence-corrected chi connectivity index (χ1v) is 10.2. The number of furan rings is 1. The van der Waals surface area contributed by atoms with E-state index in [2.05, 4.69) is 57.6 Å². The van der Waals surface area contributed by atoms with E-state index in [4.69, 9.17) is 13.8 Å². The zero-order valence-electron chi connectivity index (χ0n) is 18.2. The van der Waals surface area contributed by atoms with E-state index in [-0.39, 0.29) is 10.8 Å². The van der Waals surface area contributed by atoms with Gasteiger partial charge in [0.1, 0.15) is 11.9 Å². The van der Waals surface area contributed by atoms with Gasteiger partial charge in [-0.2, -0.15) is 0 Å². The smallest absolute Gasteiger partial charge is 0.200 e.